The Labute approximate surface area is 109 Å². The number of rotatable bonds is 5. The first-order chi connectivity index (χ1) is 8.28. The molecular weight excluding hydrogens is 228 g/mol. The molecule has 0 aromatic carbocycles. The Balaban J connectivity index is 1.63. The number of aryl methyl sites for hydroxylation is 1. The van der Waals surface area contributed by atoms with Crippen LogP contribution < -0.4 is 5.32 Å². The standard InChI is InChI=1S/C14H24N2S/c1-3-16-8-6-13(7-9-16)10-15-11-14-5-4-12(2)17-14/h4-5,13,15H,3,6-11H2,1-2H3. The van der Waals surface area contributed by atoms with Gasteiger partial charge < -0.3 is 10.2 Å². The number of likely N-dealkylation sites (tertiary alicyclic amines) is 1. The lowest BCUT2D eigenvalue weighted by atomic mass is 9.97. The summed E-state index contributed by atoms with van der Waals surface area (Å²) in [6, 6.07) is 4.45. The lowest BCUT2D eigenvalue weighted by Crippen LogP contribution is -2.36. The van der Waals surface area contributed by atoms with Crippen molar-refractivity contribution < 1.29 is 0 Å². The second kappa shape index (κ2) is 6.53. The van der Waals surface area contributed by atoms with Crippen LogP contribution in [0.3, 0.4) is 0 Å². The second-order valence-electron chi connectivity index (χ2n) is 5.02. The number of hydrogen-bond acceptors (Lipinski definition) is 3. The topological polar surface area (TPSA) is 15.3 Å². The Bertz CT molecular complexity index is 327. The fourth-order valence-corrected chi connectivity index (χ4v) is 3.35. The predicted molar refractivity (Wildman–Crippen MR) is 75.6 cm³/mol. The zero-order valence-corrected chi connectivity index (χ0v) is 11.9. The van der Waals surface area contributed by atoms with Crippen LogP contribution in [0.5, 0.6) is 0 Å². The van der Waals surface area contributed by atoms with Crippen molar-refractivity contribution >= 4 is 11.3 Å². The molecule has 96 valence electrons. The predicted octanol–water partition coefficient (Wildman–Crippen LogP) is 2.88. The van der Waals surface area contributed by atoms with Crippen LogP contribution in [0.1, 0.15) is 29.5 Å². The van der Waals surface area contributed by atoms with Crippen molar-refractivity contribution in [1.82, 2.24) is 10.2 Å². The van der Waals surface area contributed by atoms with E-state index in [0.29, 0.717) is 0 Å². The summed E-state index contributed by atoms with van der Waals surface area (Å²) in [5.74, 6) is 0.888. The van der Waals surface area contributed by atoms with Gasteiger partial charge >= 0.3 is 0 Å². The molecule has 1 aromatic rings. The maximum absolute atomic E-state index is 3.61. The molecule has 0 spiro atoms. The first-order valence-corrected chi connectivity index (χ1v) is 7.58. The highest BCUT2D eigenvalue weighted by Crippen LogP contribution is 2.17. The largest absolute Gasteiger partial charge is 0.312 e. The fourth-order valence-electron chi connectivity index (χ4n) is 2.49. The Kier molecular flexibility index (Phi) is 5.01. The molecule has 0 bridgehead atoms. The number of hydrogen-bond donors (Lipinski definition) is 1. The first kappa shape index (κ1) is 13.1. The SMILES string of the molecule is CCN1CCC(CNCc2ccc(C)s2)CC1. The highest BCUT2D eigenvalue weighted by molar-refractivity contribution is 7.11. The second-order valence-corrected chi connectivity index (χ2v) is 6.39. The molecule has 1 N–H and O–H groups in total. The third-order valence-electron chi connectivity index (χ3n) is 3.68. The first-order valence-electron chi connectivity index (χ1n) is 6.76. The van der Waals surface area contributed by atoms with Gasteiger partial charge in [-0.05, 0) is 64.0 Å². The van der Waals surface area contributed by atoms with Crippen molar-refractivity contribution in [1.29, 1.82) is 0 Å². The zero-order chi connectivity index (χ0) is 12.1. The summed E-state index contributed by atoms with van der Waals surface area (Å²) in [5, 5.41) is 3.61. The van der Waals surface area contributed by atoms with Gasteiger partial charge in [0.05, 0.1) is 0 Å². The van der Waals surface area contributed by atoms with Crippen LogP contribution in [-0.2, 0) is 6.54 Å². The smallest absolute Gasteiger partial charge is 0.0299 e. The van der Waals surface area contributed by atoms with Crippen LogP contribution >= 0.6 is 11.3 Å². The third-order valence-corrected chi connectivity index (χ3v) is 4.68. The van der Waals surface area contributed by atoms with Crippen molar-refractivity contribution in [3.63, 3.8) is 0 Å². The molecule has 0 unspecified atom stereocenters. The molecule has 17 heavy (non-hydrogen) atoms. The van der Waals surface area contributed by atoms with Crippen molar-refractivity contribution in [2.45, 2.75) is 33.2 Å². The Morgan fingerprint density at radius 3 is 2.71 bits per heavy atom. The quantitative estimate of drug-likeness (QED) is 0.867. The Morgan fingerprint density at radius 1 is 1.35 bits per heavy atom. The lowest BCUT2D eigenvalue weighted by Gasteiger charge is -2.31. The Morgan fingerprint density at radius 2 is 2.12 bits per heavy atom. The van der Waals surface area contributed by atoms with E-state index in [2.05, 4.69) is 36.2 Å². The third kappa shape index (κ3) is 4.09. The van der Waals surface area contributed by atoms with E-state index in [4.69, 9.17) is 0 Å². The summed E-state index contributed by atoms with van der Waals surface area (Å²) >= 11 is 1.91. The number of piperidine rings is 1. The van der Waals surface area contributed by atoms with Crippen LogP contribution in [-0.4, -0.2) is 31.1 Å². The average molecular weight is 252 g/mol. The highest BCUT2D eigenvalue weighted by Gasteiger charge is 2.17. The van der Waals surface area contributed by atoms with Crippen molar-refractivity contribution in [3.8, 4) is 0 Å². The van der Waals surface area contributed by atoms with Crippen molar-refractivity contribution in [3.05, 3.63) is 21.9 Å². The fraction of sp³-hybridized carbons (Fsp3) is 0.714. The minimum atomic E-state index is 0.888. The van der Waals surface area contributed by atoms with E-state index >= 15 is 0 Å². The lowest BCUT2D eigenvalue weighted by molar-refractivity contribution is 0.190. The van der Waals surface area contributed by atoms with Gasteiger partial charge in [-0.1, -0.05) is 6.92 Å². The molecule has 1 fully saturated rings. The molecule has 2 rings (SSSR count). The summed E-state index contributed by atoms with van der Waals surface area (Å²) < 4.78 is 0. The van der Waals surface area contributed by atoms with E-state index in [0.717, 1.165) is 12.5 Å². The van der Waals surface area contributed by atoms with Crippen molar-refractivity contribution in [2.24, 2.45) is 5.92 Å². The highest BCUT2D eigenvalue weighted by atomic mass is 32.1. The molecule has 3 heteroatoms. The van der Waals surface area contributed by atoms with Gasteiger partial charge in [-0.3, -0.25) is 0 Å². The molecule has 1 aliphatic rings. The van der Waals surface area contributed by atoms with E-state index < -0.39 is 0 Å². The number of nitrogens with zero attached hydrogens (tertiary/aromatic N) is 1. The molecule has 1 aromatic heterocycles. The molecule has 0 radical (unpaired) electrons. The molecule has 0 aliphatic carbocycles. The van der Waals surface area contributed by atoms with Crippen LogP contribution in [0, 0.1) is 12.8 Å². The van der Waals surface area contributed by atoms with Crippen LogP contribution in [0.15, 0.2) is 12.1 Å². The van der Waals surface area contributed by atoms with Gasteiger partial charge in [0.25, 0.3) is 0 Å². The van der Waals surface area contributed by atoms with Gasteiger partial charge in [0.15, 0.2) is 0 Å². The van der Waals surface area contributed by atoms with Gasteiger partial charge in [0.2, 0.25) is 0 Å². The summed E-state index contributed by atoms with van der Waals surface area (Å²) in [4.78, 5) is 5.44. The molecule has 2 nitrogen and oxygen atoms in total. The van der Waals surface area contributed by atoms with E-state index in [1.54, 1.807) is 0 Å². The van der Waals surface area contributed by atoms with Gasteiger partial charge in [0.1, 0.15) is 0 Å². The number of nitrogens with one attached hydrogen (secondary N) is 1. The summed E-state index contributed by atoms with van der Waals surface area (Å²) in [6.45, 7) is 10.5. The summed E-state index contributed by atoms with van der Waals surface area (Å²) in [5.41, 5.74) is 0. The van der Waals surface area contributed by atoms with Crippen LogP contribution in [0.25, 0.3) is 0 Å². The molecule has 0 saturated carbocycles. The zero-order valence-electron chi connectivity index (χ0n) is 11.0. The maximum Gasteiger partial charge on any atom is 0.0299 e. The van der Waals surface area contributed by atoms with Crippen LogP contribution in [0.2, 0.25) is 0 Å². The normalized spacial score (nSPS) is 18.7. The molecule has 0 amide bonds. The maximum atomic E-state index is 3.61. The molecule has 1 aliphatic heterocycles. The van der Waals surface area contributed by atoms with Gasteiger partial charge in [-0.25, -0.2) is 0 Å². The molecule has 2 heterocycles. The van der Waals surface area contributed by atoms with E-state index in [-0.39, 0.29) is 0 Å². The molecule has 1 saturated heterocycles. The minimum absolute atomic E-state index is 0.888. The van der Waals surface area contributed by atoms with Gasteiger partial charge in [-0.2, -0.15) is 0 Å². The molecular formula is C14H24N2S. The van der Waals surface area contributed by atoms with E-state index in [1.807, 2.05) is 11.3 Å². The average Bonchev–Trinajstić information content (AvgIpc) is 2.76. The monoisotopic (exact) mass is 252 g/mol. The van der Waals surface area contributed by atoms with Gasteiger partial charge in [-0.15, -0.1) is 11.3 Å². The van der Waals surface area contributed by atoms with Gasteiger partial charge in [0, 0.05) is 16.3 Å². The van der Waals surface area contributed by atoms with E-state index in [1.165, 1.54) is 48.8 Å². The molecule has 0 atom stereocenters. The summed E-state index contributed by atoms with van der Waals surface area (Å²) in [6.07, 6.45) is 2.73. The van der Waals surface area contributed by atoms with Crippen LogP contribution in [0.4, 0.5) is 0 Å². The summed E-state index contributed by atoms with van der Waals surface area (Å²) in [7, 11) is 0. The Hall–Kier alpha value is -0.380. The van der Waals surface area contributed by atoms with Crippen molar-refractivity contribution in [2.75, 3.05) is 26.2 Å². The number of thiophene rings is 1. The van der Waals surface area contributed by atoms with E-state index in [9.17, 15) is 0 Å². The minimum Gasteiger partial charge on any atom is -0.312 e.